The minimum Gasteiger partial charge on any atom is -0.466 e. The summed E-state index contributed by atoms with van der Waals surface area (Å²) >= 11 is 0. The lowest BCUT2D eigenvalue weighted by Gasteiger charge is -2.06. The molecule has 33 nitrogen and oxygen atoms in total. The molecule has 454 valence electrons. The number of hydrogen-bond donors (Lipinski definition) is 10. The highest BCUT2D eigenvalue weighted by molar-refractivity contribution is 6.06. The number of imidazole rings is 4. The Balaban J connectivity index is 0.771. The molecular weight excluding hydrogens is 1120 g/mol. The van der Waals surface area contributed by atoms with Crippen molar-refractivity contribution in [3.8, 4) is 0 Å². The molecule has 0 bridgehead atoms. The normalized spacial score (nSPS) is 10.8. The number of ether oxygens (including phenoxy) is 1. The quantitative estimate of drug-likeness (QED) is 0.0251. The first-order valence-electron chi connectivity index (χ1n) is 26.6. The molecule has 7 aromatic rings. The van der Waals surface area contributed by atoms with E-state index < -0.39 is 65.0 Å². The maximum absolute atomic E-state index is 13.3. The standard InChI is InChI=1S/C53H65N21O12/c1-9-86-42(78)14-18-58-51(83)45-66-38(29-73(45)7)67-49(81)35-21-30(24-71(35)5)59-40(76)12-17-57-50(82)44-64-36(27-72(44)6)62-39(75)11-10-15-55-47(79)33-23-32(26-69(33)3)61-53(85)46-65-37(28-74(46)8)63-41(77)13-16-56-48(80)34-22-31(25-70(34)4)60-52(84)43-54-19-20-68(43)2/h19-29H,9-18H2,1-8H3,(H,55,79)(H,56,80)(H,57,82)(H,58,83)(H,59,76)(H,60,84)(H,61,85)(H,62,75)(H,63,77)(H,67,81). The molecule has 7 aromatic heterocycles. The molecule has 0 saturated carbocycles. The Kier molecular flexibility index (Phi) is 20.5. The highest BCUT2D eigenvalue weighted by atomic mass is 16.5. The molecule has 10 amide bonds. The third-order valence-corrected chi connectivity index (χ3v) is 12.6. The zero-order valence-electron chi connectivity index (χ0n) is 48.2. The fraction of sp³-hybridized carbons (Fsp3) is 0.340. The maximum Gasteiger partial charge on any atom is 0.307 e. The second-order valence-electron chi connectivity index (χ2n) is 19.4. The van der Waals surface area contributed by atoms with Gasteiger partial charge in [0.25, 0.3) is 41.4 Å². The molecule has 7 rings (SSSR count). The lowest BCUT2D eigenvalue weighted by Crippen LogP contribution is -2.29. The lowest BCUT2D eigenvalue weighted by molar-refractivity contribution is -0.143. The average molecular weight is 1190 g/mol. The largest absolute Gasteiger partial charge is 0.466 e. The fourth-order valence-electron chi connectivity index (χ4n) is 8.44. The van der Waals surface area contributed by atoms with Gasteiger partial charge in [-0.2, -0.15) is 0 Å². The summed E-state index contributed by atoms with van der Waals surface area (Å²) in [5, 5.41) is 26.5. The van der Waals surface area contributed by atoms with Gasteiger partial charge in [0, 0.05) is 144 Å². The number of esters is 1. The molecule has 10 N–H and O–H groups in total. The summed E-state index contributed by atoms with van der Waals surface area (Å²) in [5.74, 6) is -5.27. The topological polar surface area (TPSA) is 403 Å². The minimum atomic E-state index is -0.634. The molecule has 0 atom stereocenters. The molecule has 0 aliphatic carbocycles. The van der Waals surface area contributed by atoms with Gasteiger partial charge >= 0.3 is 5.97 Å². The van der Waals surface area contributed by atoms with Gasteiger partial charge < -0.3 is 89.9 Å². The number of amides is 10. The molecular formula is C53H65N21O12. The van der Waals surface area contributed by atoms with E-state index in [9.17, 15) is 52.7 Å². The lowest BCUT2D eigenvalue weighted by atomic mass is 10.3. The van der Waals surface area contributed by atoms with E-state index >= 15 is 0 Å². The van der Waals surface area contributed by atoms with Crippen LogP contribution in [0.4, 0.5) is 34.5 Å². The van der Waals surface area contributed by atoms with Crippen molar-refractivity contribution < 1.29 is 57.5 Å². The summed E-state index contributed by atoms with van der Waals surface area (Å²) in [6, 6.07) is 4.39. The second-order valence-corrected chi connectivity index (χ2v) is 19.4. The Bertz CT molecular complexity index is 3740. The summed E-state index contributed by atoms with van der Waals surface area (Å²) in [5.41, 5.74) is 1.56. The van der Waals surface area contributed by atoms with Crippen LogP contribution in [0.25, 0.3) is 0 Å². The molecule has 0 saturated heterocycles. The molecule has 0 fully saturated rings. The Morgan fingerprint density at radius 3 is 1.27 bits per heavy atom. The van der Waals surface area contributed by atoms with Crippen molar-refractivity contribution >= 4 is 99.6 Å². The Hall–Kier alpha value is -11.2. The first-order valence-corrected chi connectivity index (χ1v) is 26.6. The van der Waals surface area contributed by atoms with E-state index in [2.05, 4.69) is 73.1 Å². The van der Waals surface area contributed by atoms with Gasteiger partial charge in [-0.1, -0.05) is 0 Å². The summed E-state index contributed by atoms with van der Waals surface area (Å²) < 4.78 is 15.1. The Morgan fingerprint density at radius 2 is 0.791 bits per heavy atom. The summed E-state index contributed by atoms with van der Waals surface area (Å²) in [4.78, 5) is 157. The number of nitrogens with one attached hydrogen (secondary N) is 10. The second kappa shape index (κ2) is 28.2. The van der Waals surface area contributed by atoms with Crippen LogP contribution in [0.1, 0.15) is 113 Å². The monoisotopic (exact) mass is 1190 g/mol. The van der Waals surface area contributed by atoms with Gasteiger partial charge in [-0.05, 0) is 31.5 Å². The van der Waals surface area contributed by atoms with E-state index in [1.54, 1.807) is 73.2 Å². The van der Waals surface area contributed by atoms with Crippen molar-refractivity contribution in [1.82, 2.24) is 73.2 Å². The van der Waals surface area contributed by atoms with Crippen molar-refractivity contribution in [2.24, 2.45) is 49.3 Å². The van der Waals surface area contributed by atoms with Crippen LogP contribution in [-0.4, -0.2) is 150 Å². The van der Waals surface area contributed by atoms with Crippen LogP contribution in [0.2, 0.25) is 0 Å². The predicted octanol–water partition coefficient (Wildman–Crippen LogP) is 0.742. The minimum absolute atomic E-state index is 0.00394. The van der Waals surface area contributed by atoms with Gasteiger partial charge in [0.15, 0.2) is 23.3 Å². The molecule has 86 heavy (non-hydrogen) atoms. The van der Waals surface area contributed by atoms with Crippen LogP contribution in [0.3, 0.4) is 0 Å². The number of hydrogen-bond acceptors (Lipinski definition) is 16. The van der Waals surface area contributed by atoms with Crippen molar-refractivity contribution in [2.45, 2.75) is 39.0 Å². The molecule has 7 heterocycles. The van der Waals surface area contributed by atoms with Gasteiger partial charge in [0.05, 0.1) is 30.1 Å². The highest BCUT2D eigenvalue weighted by Crippen LogP contribution is 2.19. The zero-order chi connectivity index (χ0) is 62.4. The number of anilines is 6. The number of nitrogens with zero attached hydrogens (tertiary/aromatic N) is 11. The molecule has 33 heteroatoms. The van der Waals surface area contributed by atoms with Crippen molar-refractivity contribution in [3.63, 3.8) is 0 Å². The van der Waals surface area contributed by atoms with Crippen LogP contribution < -0.4 is 53.2 Å². The van der Waals surface area contributed by atoms with E-state index in [4.69, 9.17) is 4.74 Å². The number of carbonyl (C=O) groups excluding carboxylic acids is 11. The highest BCUT2D eigenvalue weighted by Gasteiger charge is 2.23. The maximum atomic E-state index is 13.3. The number of aromatic nitrogens is 11. The van der Waals surface area contributed by atoms with Gasteiger partial charge in [-0.15, -0.1) is 0 Å². The SMILES string of the molecule is CCOC(=O)CCNC(=O)c1nc(NC(=O)c2cc(NC(=O)CCNC(=O)c3nc(NC(=O)CCCNC(=O)c4cc(NC(=O)c5nc(NC(=O)CCNC(=O)c6cc(NC(=O)c7nccn7C)cn6C)cn5C)cn4C)cn3C)cn2C)cn1C. The van der Waals surface area contributed by atoms with Crippen LogP contribution in [0, 0.1) is 0 Å². The van der Waals surface area contributed by atoms with Crippen molar-refractivity contribution in [1.29, 1.82) is 0 Å². The smallest absolute Gasteiger partial charge is 0.307 e. The van der Waals surface area contributed by atoms with E-state index in [0.717, 1.165) is 0 Å². The zero-order valence-corrected chi connectivity index (χ0v) is 48.2. The van der Waals surface area contributed by atoms with Crippen molar-refractivity contribution in [3.05, 3.63) is 108 Å². The van der Waals surface area contributed by atoms with Gasteiger partial charge in [-0.25, -0.2) is 19.9 Å². The third-order valence-electron chi connectivity index (χ3n) is 12.6. The van der Waals surface area contributed by atoms with Crippen LogP contribution in [-0.2, 0) is 73.2 Å². The number of aryl methyl sites for hydroxylation is 7. The summed E-state index contributed by atoms with van der Waals surface area (Å²) in [7, 11) is 11.2. The van der Waals surface area contributed by atoms with Crippen molar-refractivity contribution in [2.75, 3.05) is 64.7 Å². The van der Waals surface area contributed by atoms with Crippen LogP contribution in [0.5, 0.6) is 0 Å². The van der Waals surface area contributed by atoms with Crippen LogP contribution >= 0.6 is 0 Å². The summed E-state index contributed by atoms with van der Waals surface area (Å²) in [6.45, 7) is 1.94. The van der Waals surface area contributed by atoms with E-state index in [1.165, 1.54) is 82.8 Å². The molecule has 0 unspecified atom stereocenters. The van der Waals surface area contributed by atoms with E-state index in [0.29, 0.717) is 11.4 Å². The molecule has 0 radical (unpaired) electrons. The van der Waals surface area contributed by atoms with E-state index in [-0.39, 0.29) is 128 Å². The third kappa shape index (κ3) is 16.5. The summed E-state index contributed by atoms with van der Waals surface area (Å²) in [6.07, 6.45) is 12.0. The molecule has 0 aliphatic rings. The fourth-order valence-corrected chi connectivity index (χ4v) is 8.44. The Labute approximate surface area is 490 Å². The Morgan fingerprint density at radius 1 is 0.395 bits per heavy atom. The number of rotatable bonds is 27. The average Bonchev–Trinajstić information content (AvgIpc) is 3.11. The van der Waals surface area contributed by atoms with Crippen LogP contribution in [0.15, 0.2) is 67.8 Å². The van der Waals surface area contributed by atoms with Gasteiger partial charge in [-0.3, -0.25) is 52.7 Å². The predicted molar refractivity (Wildman–Crippen MR) is 308 cm³/mol. The first kappa shape index (κ1) is 62.5. The number of carbonyl (C=O) groups is 11. The first-order chi connectivity index (χ1) is 41.0. The molecule has 0 aliphatic heterocycles. The molecule has 0 spiro atoms. The van der Waals surface area contributed by atoms with Gasteiger partial charge in [0.2, 0.25) is 35.2 Å². The van der Waals surface area contributed by atoms with E-state index in [1.807, 2.05) is 0 Å². The van der Waals surface area contributed by atoms with Gasteiger partial charge in [0.1, 0.15) is 17.1 Å². The molecule has 0 aromatic carbocycles.